The number of hydrogen-bond donors (Lipinski definition) is 3. The number of hydrogen-bond acceptors (Lipinski definition) is 7. The van der Waals surface area contributed by atoms with Crippen molar-refractivity contribution in [1.82, 2.24) is 19.5 Å². The number of morpholine rings is 1. The lowest BCUT2D eigenvalue weighted by Crippen LogP contribution is -2.43. The van der Waals surface area contributed by atoms with Crippen molar-refractivity contribution in [3.63, 3.8) is 0 Å². The monoisotopic (exact) mass is 605 g/mol. The van der Waals surface area contributed by atoms with Crippen LogP contribution in [0.15, 0.2) is 42.7 Å². The highest BCUT2D eigenvalue weighted by Crippen LogP contribution is 2.38. The van der Waals surface area contributed by atoms with Crippen LogP contribution in [0.2, 0.25) is 0 Å². The number of nitrogens with two attached hydrogens (primary N) is 1. The lowest BCUT2D eigenvalue weighted by molar-refractivity contribution is -0.137. The normalized spacial score (nSPS) is 16.0. The Morgan fingerprint density at radius 2 is 1.91 bits per heavy atom. The van der Waals surface area contributed by atoms with Crippen LogP contribution in [0.4, 0.5) is 43.9 Å². The molecule has 43 heavy (non-hydrogen) atoms. The summed E-state index contributed by atoms with van der Waals surface area (Å²) in [5.74, 6) is -1.79. The predicted octanol–water partition coefficient (Wildman–Crippen LogP) is 5.29. The number of nitrogens with zero attached hydrogens (tertiary/aromatic N) is 4. The number of anilines is 3. The van der Waals surface area contributed by atoms with Gasteiger partial charge in [-0.1, -0.05) is 6.07 Å². The van der Waals surface area contributed by atoms with E-state index in [1.54, 1.807) is 4.52 Å². The van der Waals surface area contributed by atoms with Crippen LogP contribution in [0, 0.1) is 11.6 Å². The molecule has 1 atom stereocenters. The molecule has 0 saturated carbocycles. The molecule has 3 heterocycles. The Balaban J connectivity index is 1.47. The molecule has 1 aliphatic heterocycles. The van der Waals surface area contributed by atoms with E-state index < -0.39 is 35.1 Å². The Hall–Kier alpha value is -4.34. The molecule has 5 rings (SSSR count). The zero-order valence-electron chi connectivity index (χ0n) is 23.1. The van der Waals surface area contributed by atoms with E-state index in [1.165, 1.54) is 31.6 Å². The molecule has 1 fully saturated rings. The van der Waals surface area contributed by atoms with Crippen molar-refractivity contribution >= 4 is 28.7 Å². The van der Waals surface area contributed by atoms with E-state index in [9.17, 15) is 22.4 Å². The van der Waals surface area contributed by atoms with Gasteiger partial charge in [0.25, 0.3) is 0 Å². The Morgan fingerprint density at radius 1 is 1.14 bits per heavy atom. The predicted molar refractivity (Wildman–Crippen MR) is 148 cm³/mol. The number of urea groups is 1. The molecule has 0 radical (unpaired) electrons. The highest BCUT2D eigenvalue weighted by molar-refractivity contribution is 6.00. The average Bonchev–Trinajstić information content (AvgIpc) is 3.26. The number of carbonyl (C=O) groups is 1. The van der Waals surface area contributed by atoms with Crippen LogP contribution in [0.5, 0.6) is 0 Å². The second-order valence-corrected chi connectivity index (χ2v) is 10.00. The van der Waals surface area contributed by atoms with Crippen LogP contribution in [-0.2, 0) is 28.8 Å². The highest BCUT2D eigenvalue weighted by atomic mass is 19.4. The first-order valence-corrected chi connectivity index (χ1v) is 13.2. The second kappa shape index (κ2) is 12.1. The van der Waals surface area contributed by atoms with Crippen LogP contribution in [0.3, 0.4) is 0 Å². The van der Waals surface area contributed by atoms with Gasteiger partial charge in [-0.3, -0.25) is 4.90 Å². The second-order valence-electron chi connectivity index (χ2n) is 10.00. The van der Waals surface area contributed by atoms with Crippen molar-refractivity contribution in [3.8, 4) is 11.1 Å². The Labute approximate surface area is 242 Å². The van der Waals surface area contributed by atoms with Gasteiger partial charge in [0.15, 0.2) is 5.82 Å². The Kier molecular flexibility index (Phi) is 8.48. The van der Waals surface area contributed by atoms with E-state index in [-0.39, 0.29) is 24.2 Å². The van der Waals surface area contributed by atoms with Gasteiger partial charge < -0.3 is 25.8 Å². The fourth-order valence-corrected chi connectivity index (χ4v) is 5.03. The first-order chi connectivity index (χ1) is 20.5. The van der Waals surface area contributed by atoms with Gasteiger partial charge in [-0.2, -0.15) is 18.3 Å². The molecular formula is C28H28F5N7O3. The number of amides is 2. The van der Waals surface area contributed by atoms with Gasteiger partial charge in [-0.25, -0.2) is 23.1 Å². The number of halogens is 5. The number of aromatic nitrogens is 3. The molecule has 2 amide bonds. The van der Waals surface area contributed by atoms with Crippen molar-refractivity contribution in [2.45, 2.75) is 32.3 Å². The van der Waals surface area contributed by atoms with Crippen LogP contribution < -0.4 is 16.4 Å². The van der Waals surface area contributed by atoms with Crippen molar-refractivity contribution in [2.24, 2.45) is 0 Å². The first kappa shape index (κ1) is 30.1. The third-order valence-electron chi connectivity index (χ3n) is 7.16. The average molecular weight is 606 g/mol. The van der Waals surface area contributed by atoms with Gasteiger partial charge in [0.05, 0.1) is 42.5 Å². The maximum absolute atomic E-state index is 15.4. The smallest absolute Gasteiger partial charge is 0.382 e. The summed E-state index contributed by atoms with van der Waals surface area (Å²) in [5, 5.41) is 8.62. The number of carbonyl (C=O) groups excluding carboxylic acids is 1. The summed E-state index contributed by atoms with van der Waals surface area (Å²) >= 11 is 0. The summed E-state index contributed by atoms with van der Waals surface area (Å²) < 4.78 is 81.3. The van der Waals surface area contributed by atoms with Crippen LogP contribution >= 0.6 is 0 Å². The molecule has 0 spiro atoms. The quantitative estimate of drug-likeness (QED) is 0.245. The van der Waals surface area contributed by atoms with E-state index in [0.29, 0.717) is 66.7 Å². The summed E-state index contributed by atoms with van der Waals surface area (Å²) in [5.41, 5.74) is 6.98. The molecule has 2 aromatic carbocycles. The van der Waals surface area contributed by atoms with Crippen LogP contribution in [0.1, 0.15) is 23.7 Å². The summed E-state index contributed by atoms with van der Waals surface area (Å²) in [6, 6.07) is 4.55. The minimum absolute atomic E-state index is 0.135. The fraction of sp³-hybridized carbons (Fsp3) is 0.321. The molecule has 2 aromatic heterocycles. The van der Waals surface area contributed by atoms with E-state index in [4.69, 9.17) is 15.2 Å². The highest BCUT2D eigenvalue weighted by Gasteiger charge is 2.31. The summed E-state index contributed by atoms with van der Waals surface area (Å²) in [6.07, 6.45) is -3.42. The molecule has 10 nitrogen and oxygen atoms in total. The first-order valence-electron chi connectivity index (χ1n) is 13.2. The number of fused-ring (bicyclic) bond motifs is 1. The minimum atomic E-state index is -4.75. The molecule has 0 bridgehead atoms. The summed E-state index contributed by atoms with van der Waals surface area (Å²) in [4.78, 5) is 18.8. The molecular weight excluding hydrogens is 577 g/mol. The van der Waals surface area contributed by atoms with Gasteiger partial charge in [0.1, 0.15) is 23.5 Å². The van der Waals surface area contributed by atoms with E-state index in [1.807, 2.05) is 12.2 Å². The number of methoxy groups -OCH3 is 1. The van der Waals surface area contributed by atoms with E-state index >= 15 is 4.39 Å². The molecule has 1 saturated heterocycles. The largest absolute Gasteiger partial charge is 0.416 e. The number of benzene rings is 2. The maximum atomic E-state index is 15.4. The zero-order chi connectivity index (χ0) is 30.9. The lowest BCUT2D eigenvalue weighted by Gasteiger charge is -2.33. The van der Waals surface area contributed by atoms with E-state index in [0.717, 1.165) is 5.69 Å². The molecule has 228 valence electrons. The van der Waals surface area contributed by atoms with Crippen LogP contribution in [0.25, 0.3) is 16.6 Å². The van der Waals surface area contributed by atoms with E-state index in [2.05, 4.69) is 20.3 Å². The zero-order valence-corrected chi connectivity index (χ0v) is 23.1. The molecule has 15 heteroatoms. The number of nitrogen functional groups attached to an aromatic ring is 1. The molecule has 4 aromatic rings. The van der Waals surface area contributed by atoms with Crippen molar-refractivity contribution in [1.29, 1.82) is 0 Å². The van der Waals surface area contributed by atoms with Gasteiger partial charge in [-0.05, 0) is 42.8 Å². The third kappa shape index (κ3) is 6.23. The van der Waals surface area contributed by atoms with Crippen molar-refractivity contribution in [2.75, 3.05) is 43.2 Å². The Bertz CT molecular complexity index is 1660. The standard InChI is InChI=1S/C28H28F5N7O3/c1-15-12-43-8-7-39(15)11-23-18(13-42-2)24(25-26(34)35-14-36-40(23)25)16-3-6-21(20(30)9-16)37-27(41)38-22-10-17(28(31,32)33)4-5-19(22)29/h3-6,9-10,14-15H,7-8,11-13H2,1-2H3,(H2,34,35,36)(H2,37,38,41)/t15-/m0/s1. The number of nitrogens with one attached hydrogen (secondary N) is 2. The summed E-state index contributed by atoms with van der Waals surface area (Å²) in [7, 11) is 1.53. The summed E-state index contributed by atoms with van der Waals surface area (Å²) in [6.45, 7) is 4.52. The molecule has 0 aliphatic carbocycles. The lowest BCUT2D eigenvalue weighted by atomic mass is 10.00. The fourth-order valence-electron chi connectivity index (χ4n) is 5.03. The van der Waals surface area contributed by atoms with Gasteiger partial charge in [0.2, 0.25) is 0 Å². The van der Waals surface area contributed by atoms with Crippen molar-refractivity contribution in [3.05, 3.63) is 71.2 Å². The number of rotatable bonds is 7. The number of alkyl halides is 3. The van der Waals surface area contributed by atoms with Gasteiger partial charge in [0, 0.05) is 37.4 Å². The van der Waals surface area contributed by atoms with Gasteiger partial charge >= 0.3 is 12.2 Å². The number of ether oxygens (including phenoxy) is 2. The van der Waals surface area contributed by atoms with Crippen LogP contribution in [-0.4, -0.2) is 58.4 Å². The SMILES string of the molecule is COCc1c(-c2ccc(NC(=O)Nc3cc(C(F)(F)F)ccc3F)c(F)c2)c2c(N)ncnn2c1CN1CCOC[C@@H]1C. The molecule has 4 N–H and O–H groups in total. The topological polar surface area (TPSA) is 119 Å². The molecule has 1 aliphatic rings. The molecule has 0 unspecified atom stereocenters. The van der Waals surface area contributed by atoms with Crippen molar-refractivity contribution < 1.29 is 36.2 Å². The Morgan fingerprint density at radius 3 is 2.60 bits per heavy atom. The minimum Gasteiger partial charge on any atom is -0.382 e. The maximum Gasteiger partial charge on any atom is 0.416 e. The third-order valence-corrected chi connectivity index (χ3v) is 7.16. The van der Waals surface area contributed by atoms with Gasteiger partial charge in [-0.15, -0.1) is 0 Å².